The third-order valence-corrected chi connectivity index (χ3v) is 4.89. The summed E-state index contributed by atoms with van der Waals surface area (Å²) < 4.78 is 12.9. The Bertz CT molecular complexity index is 598. The molecule has 0 spiro atoms. The van der Waals surface area contributed by atoms with E-state index in [0.717, 1.165) is 24.8 Å². The van der Waals surface area contributed by atoms with Gasteiger partial charge in [0.05, 0.1) is 5.92 Å². The number of carboxylic acid groups (broad SMARTS) is 1. The summed E-state index contributed by atoms with van der Waals surface area (Å²) in [5, 5.41) is 11.9. The van der Waals surface area contributed by atoms with Crippen molar-refractivity contribution in [2.45, 2.75) is 25.7 Å². The Kier molecular flexibility index (Phi) is 4.24. The molecule has 2 amide bonds. The maximum Gasteiger partial charge on any atom is 0.317 e. The molecular weight excluding hydrogens is 299 g/mol. The fourth-order valence-corrected chi connectivity index (χ4v) is 3.15. The lowest BCUT2D eigenvalue weighted by Gasteiger charge is -2.21. The first-order valence-electron chi connectivity index (χ1n) is 7.97. The monoisotopic (exact) mass is 320 g/mol. The number of urea groups is 1. The first-order chi connectivity index (χ1) is 11.0. The summed E-state index contributed by atoms with van der Waals surface area (Å²) in [7, 11) is 0. The van der Waals surface area contributed by atoms with E-state index in [9.17, 15) is 14.0 Å². The molecule has 1 saturated carbocycles. The van der Waals surface area contributed by atoms with E-state index in [4.69, 9.17) is 5.11 Å². The largest absolute Gasteiger partial charge is 0.481 e. The van der Waals surface area contributed by atoms with Gasteiger partial charge < -0.3 is 15.3 Å². The number of carbonyl (C=O) groups excluding carboxylic acids is 1. The molecule has 1 aromatic carbocycles. The van der Waals surface area contributed by atoms with Gasteiger partial charge >= 0.3 is 12.0 Å². The Morgan fingerprint density at radius 2 is 2.00 bits per heavy atom. The molecular formula is C17H21FN2O3. The highest BCUT2D eigenvalue weighted by molar-refractivity contribution is 5.77. The molecule has 2 aliphatic rings. The van der Waals surface area contributed by atoms with Gasteiger partial charge in [-0.25, -0.2) is 9.18 Å². The van der Waals surface area contributed by atoms with E-state index >= 15 is 0 Å². The molecule has 124 valence electrons. The maximum atomic E-state index is 12.9. The second kappa shape index (κ2) is 6.18. The number of hydrogen-bond acceptors (Lipinski definition) is 2. The van der Waals surface area contributed by atoms with Crippen molar-refractivity contribution in [1.82, 2.24) is 10.2 Å². The first kappa shape index (κ1) is 15.8. The first-order valence-corrected chi connectivity index (χ1v) is 7.97. The van der Waals surface area contributed by atoms with E-state index in [1.54, 1.807) is 17.0 Å². The lowest BCUT2D eigenvalue weighted by Crippen LogP contribution is -2.41. The average Bonchev–Trinajstić information content (AvgIpc) is 3.10. The summed E-state index contributed by atoms with van der Waals surface area (Å²) in [6.45, 7) is 1.36. The summed E-state index contributed by atoms with van der Waals surface area (Å²) in [5.41, 5.74) is 1.14. The molecule has 23 heavy (non-hydrogen) atoms. The Hall–Kier alpha value is -2.11. The van der Waals surface area contributed by atoms with E-state index < -0.39 is 11.9 Å². The second-order valence-electron chi connectivity index (χ2n) is 6.73. The number of carboxylic acids is 1. The van der Waals surface area contributed by atoms with Gasteiger partial charge in [0.15, 0.2) is 0 Å². The van der Waals surface area contributed by atoms with Gasteiger partial charge in [-0.1, -0.05) is 12.1 Å². The lowest BCUT2D eigenvalue weighted by molar-refractivity contribution is -0.141. The molecule has 0 bridgehead atoms. The van der Waals surface area contributed by atoms with E-state index in [1.165, 1.54) is 12.1 Å². The van der Waals surface area contributed by atoms with Gasteiger partial charge in [-0.3, -0.25) is 4.79 Å². The lowest BCUT2D eigenvalue weighted by atomic mass is 9.96. The molecule has 0 aromatic heterocycles. The number of nitrogens with one attached hydrogen (secondary N) is 1. The summed E-state index contributed by atoms with van der Waals surface area (Å²) in [6, 6.07) is 6.31. The highest BCUT2D eigenvalue weighted by Gasteiger charge is 2.43. The smallest absolute Gasteiger partial charge is 0.317 e. The van der Waals surface area contributed by atoms with Crippen LogP contribution in [0.2, 0.25) is 0 Å². The number of amides is 2. The van der Waals surface area contributed by atoms with Crippen LogP contribution in [-0.4, -0.2) is 41.6 Å². The summed E-state index contributed by atoms with van der Waals surface area (Å²) in [5.74, 6) is -1.53. The van der Waals surface area contributed by atoms with Crippen LogP contribution in [0.5, 0.6) is 0 Å². The second-order valence-corrected chi connectivity index (χ2v) is 6.73. The van der Waals surface area contributed by atoms with Gasteiger partial charge in [-0.15, -0.1) is 0 Å². The van der Waals surface area contributed by atoms with Crippen LogP contribution in [0.4, 0.5) is 9.18 Å². The third kappa shape index (κ3) is 3.81. The van der Waals surface area contributed by atoms with Crippen LogP contribution in [0, 0.1) is 17.2 Å². The standard InChI is InChI=1S/C17H21FN2O3/c18-14-3-1-12(2-4-14)9-17(6-7-17)11-19-16(23)20-8-5-13(10-20)15(21)22/h1-4,13H,5-11H2,(H,19,23)(H,21,22). The van der Waals surface area contributed by atoms with Crippen molar-refractivity contribution >= 4 is 12.0 Å². The van der Waals surface area contributed by atoms with Gasteiger partial charge in [0, 0.05) is 19.6 Å². The van der Waals surface area contributed by atoms with Gasteiger partial charge in [0.1, 0.15) is 5.82 Å². The number of halogens is 1. The van der Waals surface area contributed by atoms with Crippen LogP contribution >= 0.6 is 0 Å². The van der Waals surface area contributed by atoms with Crippen molar-refractivity contribution in [2.24, 2.45) is 11.3 Å². The minimum atomic E-state index is -0.838. The van der Waals surface area contributed by atoms with Gasteiger partial charge in [-0.05, 0) is 48.8 Å². The van der Waals surface area contributed by atoms with Crippen LogP contribution in [0.1, 0.15) is 24.8 Å². The van der Waals surface area contributed by atoms with Crippen LogP contribution < -0.4 is 5.32 Å². The Morgan fingerprint density at radius 1 is 1.30 bits per heavy atom. The zero-order valence-electron chi connectivity index (χ0n) is 12.9. The number of rotatable bonds is 5. The number of carbonyl (C=O) groups is 2. The minimum absolute atomic E-state index is 0.0689. The van der Waals surface area contributed by atoms with Crippen LogP contribution in [0.25, 0.3) is 0 Å². The predicted octanol–water partition coefficient (Wildman–Crippen LogP) is 2.26. The topological polar surface area (TPSA) is 69.6 Å². The zero-order valence-corrected chi connectivity index (χ0v) is 12.9. The zero-order chi connectivity index (χ0) is 16.4. The number of nitrogens with zero attached hydrogens (tertiary/aromatic N) is 1. The number of likely N-dealkylation sites (tertiary alicyclic amines) is 1. The molecule has 2 fully saturated rings. The van der Waals surface area contributed by atoms with Gasteiger partial charge in [0.25, 0.3) is 0 Å². The summed E-state index contributed by atoms with van der Waals surface area (Å²) >= 11 is 0. The molecule has 3 rings (SSSR count). The normalized spacial score (nSPS) is 22.0. The SMILES string of the molecule is O=C(O)C1CCN(C(=O)NCC2(Cc3ccc(F)cc3)CC2)C1. The van der Waals surface area contributed by atoms with Crippen molar-refractivity contribution in [3.63, 3.8) is 0 Å². The number of hydrogen-bond donors (Lipinski definition) is 2. The Morgan fingerprint density at radius 3 is 2.57 bits per heavy atom. The molecule has 1 heterocycles. The summed E-state index contributed by atoms with van der Waals surface area (Å²) in [6.07, 6.45) is 3.43. The van der Waals surface area contributed by atoms with Crippen molar-refractivity contribution in [3.05, 3.63) is 35.6 Å². The quantitative estimate of drug-likeness (QED) is 0.874. The molecule has 1 aromatic rings. The van der Waals surface area contributed by atoms with Crippen LogP contribution in [0.3, 0.4) is 0 Å². The Labute approximate surface area is 134 Å². The van der Waals surface area contributed by atoms with Crippen molar-refractivity contribution in [1.29, 1.82) is 0 Å². The van der Waals surface area contributed by atoms with Gasteiger partial charge in [-0.2, -0.15) is 0 Å². The van der Waals surface area contributed by atoms with E-state index in [0.29, 0.717) is 19.5 Å². The van der Waals surface area contributed by atoms with Crippen molar-refractivity contribution in [2.75, 3.05) is 19.6 Å². The molecule has 1 aliphatic carbocycles. The molecule has 1 aliphatic heterocycles. The van der Waals surface area contributed by atoms with Crippen molar-refractivity contribution in [3.8, 4) is 0 Å². The van der Waals surface area contributed by atoms with E-state index in [1.807, 2.05) is 0 Å². The molecule has 1 atom stereocenters. The predicted molar refractivity (Wildman–Crippen MR) is 82.5 cm³/mol. The maximum absolute atomic E-state index is 12.9. The van der Waals surface area contributed by atoms with E-state index in [-0.39, 0.29) is 23.8 Å². The summed E-state index contributed by atoms with van der Waals surface area (Å²) in [4.78, 5) is 24.7. The molecule has 1 unspecified atom stereocenters. The highest BCUT2D eigenvalue weighted by Crippen LogP contribution is 2.47. The number of benzene rings is 1. The fourth-order valence-electron chi connectivity index (χ4n) is 3.15. The van der Waals surface area contributed by atoms with Crippen LogP contribution in [-0.2, 0) is 11.2 Å². The molecule has 5 nitrogen and oxygen atoms in total. The van der Waals surface area contributed by atoms with Gasteiger partial charge in [0.2, 0.25) is 0 Å². The molecule has 2 N–H and O–H groups in total. The van der Waals surface area contributed by atoms with Crippen LogP contribution in [0.15, 0.2) is 24.3 Å². The molecule has 0 radical (unpaired) electrons. The molecule has 6 heteroatoms. The molecule has 1 saturated heterocycles. The third-order valence-electron chi connectivity index (χ3n) is 4.89. The highest BCUT2D eigenvalue weighted by atomic mass is 19.1. The number of aliphatic carboxylic acids is 1. The minimum Gasteiger partial charge on any atom is -0.481 e. The fraction of sp³-hybridized carbons (Fsp3) is 0.529. The Balaban J connectivity index is 1.49. The average molecular weight is 320 g/mol. The van der Waals surface area contributed by atoms with Crippen molar-refractivity contribution < 1.29 is 19.1 Å². The van der Waals surface area contributed by atoms with E-state index in [2.05, 4.69) is 5.32 Å².